The number of rotatable bonds is 4. The standard InChI is InChI=1S/C27H27N5O3/c1-29-8-7-21-20(14-30-12-17-10-18(17)13-30)11-23(28-26(21)29)16-5-6-22-19(9-16)15-31(27(22)35)32-24(33)3-2-4-25(32)34/h5-9,11,17-18H,2-4,10,12-15H2,1H3. The summed E-state index contributed by atoms with van der Waals surface area (Å²) in [6.07, 6.45) is 4.57. The zero-order valence-electron chi connectivity index (χ0n) is 19.7. The molecule has 1 aliphatic carbocycles. The molecule has 0 radical (unpaired) electrons. The quantitative estimate of drug-likeness (QED) is 0.549. The Morgan fingerprint density at radius 1 is 1.00 bits per heavy atom. The molecule has 0 bridgehead atoms. The van der Waals surface area contributed by atoms with E-state index in [9.17, 15) is 14.4 Å². The number of carbonyl (C=O) groups excluding carboxylic acids is 3. The lowest BCUT2D eigenvalue weighted by Crippen LogP contribution is -2.51. The Hall–Kier alpha value is -3.52. The SMILES string of the molecule is Cn1ccc2c(CN3CC4CC4C3)cc(-c3ccc4c(c3)CN(N3C(=O)CCCC3=O)C4=O)nc21. The molecule has 3 aliphatic heterocycles. The number of fused-ring (bicyclic) bond motifs is 3. The average Bonchev–Trinajstić information content (AvgIpc) is 3.13. The molecule has 0 N–H and O–H groups in total. The fraction of sp³-hybridized carbons (Fsp3) is 0.407. The van der Waals surface area contributed by atoms with Crippen molar-refractivity contribution in [2.24, 2.45) is 18.9 Å². The van der Waals surface area contributed by atoms with Gasteiger partial charge in [0.25, 0.3) is 5.91 Å². The summed E-state index contributed by atoms with van der Waals surface area (Å²) in [6.45, 7) is 3.50. The van der Waals surface area contributed by atoms with Crippen molar-refractivity contribution in [1.29, 1.82) is 0 Å². The maximum atomic E-state index is 13.1. The summed E-state index contributed by atoms with van der Waals surface area (Å²) in [4.78, 5) is 45.4. The first-order valence-electron chi connectivity index (χ1n) is 12.4. The Morgan fingerprint density at radius 2 is 1.77 bits per heavy atom. The highest BCUT2D eigenvalue weighted by molar-refractivity contribution is 6.04. The molecule has 2 unspecified atom stereocenters. The van der Waals surface area contributed by atoms with Crippen molar-refractivity contribution in [1.82, 2.24) is 24.5 Å². The molecule has 3 aromatic rings. The summed E-state index contributed by atoms with van der Waals surface area (Å²) >= 11 is 0. The third-order valence-corrected chi connectivity index (χ3v) is 8.05. The summed E-state index contributed by atoms with van der Waals surface area (Å²) < 4.78 is 2.05. The predicted molar refractivity (Wildman–Crippen MR) is 129 cm³/mol. The summed E-state index contributed by atoms with van der Waals surface area (Å²) in [7, 11) is 2.01. The summed E-state index contributed by atoms with van der Waals surface area (Å²) in [6, 6.07) is 10.0. The first kappa shape index (κ1) is 20.8. The second kappa shape index (κ2) is 7.49. The van der Waals surface area contributed by atoms with Crippen molar-refractivity contribution in [3.05, 3.63) is 53.2 Å². The zero-order valence-corrected chi connectivity index (χ0v) is 19.7. The maximum absolute atomic E-state index is 13.1. The van der Waals surface area contributed by atoms with Crippen molar-refractivity contribution < 1.29 is 14.4 Å². The first-order chi connectivity index (χ1) is 17.0. The summed E-state index contributed by atoms with van der Waals surface area (Å²) in [5.41, 5.74) is 5.38. The number of likely N-dealkylation sites (tertiary alicyclic amines) is 1. The number of carbonyl (C=O) groups is 3. The van der Waals surface area contributed by atoms with Crippen LogP contribution < -0.4 is 0 Å². The summed E-state index contributed by atoms with van der Waals surface area (Å²) in [5.74, 6) is 0.872. The van der Waals surface area contributed by atoms with Crippen LogP contribution in [0.5, 0.6) is 0 Å². The van der Waals surface area contributed by atoms with E-state index in [1.54, 1.807) is 6.07 Å². The van der Waals surface area contributed by atoms with Gasteiger partial charge in [-0.3, -0.25) is 19.3 Å². The van der Waals surface area contributed by atoms with E-state index in [2.05, 4.69) is 27.8 Å². The third-order valence-electron chi connectivity index (χ3n) is 8.05. The fourth-order valence-corrected chi connectivity index (χ4v) is 6.08. The Balaban J connectivity index is 1.23. The molecular formula is C27H27N5O3. The van der Waals surface area contributed by atoms with Gasteiger partial charge in [0, 0.05) is 62.2 Å². The van der Waals surface area contributed by atoms with Gasteiger partial charge in [0.15, 0.2) is 0 Å². The van der Waals surface area contributed by atoms with Crippen LogP contribution in [0.15, 0.2) is 36.5 Å². The topological polar surface area (TPSA) is 78.8 Å². The van der Waals surface area contributed by atoms with Crippen molar-refractivity contribution in [2.45, 2.75) is 38.8 Å². The smallest absolute Gasteiger partial charge is 0.273 e. The molecule has 4 aliphatic rings. The van der Waals surface area contributed by atoms with Crippen LogP contribution in [-0.2, 0) is 29.7 Å². The molecule has 2 saturated heterocycles. The lowest BCUT2D eigenvalue weighted by molar-refractivity contribution is -0.163. The molecule has 35 heavy (non-hydrogen) atoms. The van der Waals surface area contributed by atoms with Crippen LogP contribution in [0.25, 0.3) is 22.3 Å². The number of pyridine rings is 1. The van der Waals surface area contributed by atoms with Crippen LogP contribution in [0.2, 0.25) is 0 Å². The normalized spacial score (nSPS) is 24.0. The molecule has 7 rings (SSSR count). The molecular weight excluding hydrogens is 442 g/mol. The molecule has 3 amide bonds. The Bertz CT molecular complexity index is 1400. The van der Waals surface area contributed by atoms with Gasteiger partial charge in [0.1, 0.15) is 5.65 Å². The van der Waals surface area contributed by atoms with Crippen LogP contribution in [-0.4, -0.2) is 55.3 Å². The molecule has 1 aromatic carbocycles. The highest BCUT2D eigenvalue weighted by atomic mass is 16.2. The Kier molecular flexibility index (Phi) is 4.45. The second-order valence-corrected chi connectivity index (χ2v) is 10.5. The van der Waals surface area contributed by atoms with Gasteiger partial charge in [0.05, 0.1) is 12.2 Å². The number of nitrogens with zero attached hydrogens (tertiary/aromatic N) is 5. The number of hydrogen-bond donors (Lipinski definition) is 0. The van der Waals surface area contributed by atoms with E-state index >= 15 is 0 Å². The van der Waals surface area contributed by atoms with E-state index in [0.717, 1.165) is 45.9 Å². The van der Waals surface area contributed by atoms with Crippen molar-refractivity contribution in [3.8, 4) is 11.3 Å². The summed E-state index contributed by atoms with van der Waals surface area (Å²) in [5, 5.41) is 3.54. The van der Waals surface area contributed by atoms with E-state index in [1.807, 2.05) is 19.2 Å². The van der Waals surface area contributed by atoms with Crippen LogP contribution in [0.1, 0.15) is 47.2 Å². The van der Waals surface area contributed by atoms with Gasteiger partial charge >= 0.3 is 0 Å². The molecule has 2 atom stereocenters. The molecule has 178 valence electrons. The van der Waals surface area contributed by atoms with Crippen molar-refractivity contribution in [3.63, 3.8) is 0 Å². The van der Waals surface area contributed by atoms with Crippen LogP contribution in [0, 0.1) is 11.8 Å². The fourth-order valence-electron chi connectivity index (χ4n) is 6.08. The minimum Gasteiger partial charge on any atom is -0.336 e. The first-order valence-corrected chi connectivity index (χ1v) is 12.4. The highest BCUT2D eigenvalue weighted by Gasteiger charge is 2.45. The van der Waals surface area contributed by atoms with Gasteiger partial charge in [-0.1, -0.05) is 6.07 Å². The molecule has 2 aromatic heterocycles. The molecule has 1 saturated carbocycles. The van der Waals surface area contributed by atoms with Gasteiger partial charge in [-0.15, -0.1) is 0 Å². The molecule has 8 heteroatoms. The monoisotopic (exact) mass is 469 g/mol. The largest absolute Gasteiger partial charge is 0.336 e. The molecule has 3 fully saturated rings. The van der Waals surface area contributed by atoms with Gasteiger partial charge in [0.2, 0.25) is 11.8 Å². The predicted octanol–water partition coefficient (Wildman–Crippen LogP) is 3.10. The number of aromatic nitrogens is 2. The van der Waals surface area contributed by atoms with E-state index in [4.69, 9.17) is 4.98 Å². The highest BCUT2D eigenvalue weighted by Crippen LogP contribution is 2.45. The minimum absolute atomic E-state index is 0.218. The lowest BCUT2D eigenvalue weighted by Gasteiger charge is -2.32. The van der Waals surface area contributed by atoms with Gasteiger partial charge in [-0.25, -0.2) is 9.99 Å². The van der Waals surface area contributed by atoms with Gasteiger partial charge < -0.3 is 4.57 Å². The number of imide groups is 1. The number of aryl methyl sites for hydroxylation is 1. The lowest BCUT2D eigenvalue weighted by atomic mass is 10.0. The number of hydrogen-bond acceptors (Lipinski definition) is 5. The second-order valence-electron chi connectivity index (χ2n) is 10.5. The third kappa shape index (κ3) is 3.31. The Labute approximate surface area is 203 Å². The Morgan fingerprint density at radius 3 is 2.54 bits per heavy atom. The van der Waals surface area contributed by atoms with Crippen LogP contribution in [0.3, 0.4) is 0 Å². The number of piperidine rings is 2. The molecule has 8 nitrogen and oxygen atoms in total. The van der Waals surface area contributed by atoms with E-state index < -0.39 is 0 Å². The average molecular weight is 470 g/mol. The number of benzene rings is 1. The van der Waals surface area contributed by atoms with E-state index in [1.165, 1.54) is 35.5 Å². The minimum atomic E-state index is -0.303. The number of amides is 3. The molecule has 0 spiro atoms. The van der Waals surface area contributed by atoms with Crippen molar-refractivity contribution >= 4 is 28.8 Å². The zero-order chi connectivity index (χ0) is 23.8. The van der Waals surface area contributed by atoms with E-state index in [-0.39, 0.29) is 24.3 Å². The van der Waals surface area contributed by atoms with Crippen LogP contribution in [0.4, 0.5) is 0 Å². The molecule has 5 heterocycles. The van der Waals surface area contributed by atoms with Crippen molar-refractivity contribution in [2.75, 3.05) is 13.1 Å². The van der Waals surface area contributed by atoms with E-state index in [0.29, 0.717) is 24.8 Å². The number of hydrazine groups is 1. The maximum Gasteiger partial charge on any atom is 0.273 e. The van der Waals surface area contributed by atoms with Gasteiger partial charge in [-0.05, 0) is 60.1 Å². The van der Waals surface area contributed by atoms with Crippen LogP contribution >= 0.6 is 0 Å². The van der Waals surface area contributed by atoms with Gasteiger partial charge in [-0.2, -0.15) is 5.01 Å².